The molecule has 1 aliphatic heterocycles. The van der Waals surface area contributed by atoms with Crippen LogP contribution in [0.3, 0.4) is 0 Å². The molecule has 2 amide bonds. The minimum Gasteiger partial charge on any atom is -0.493 e. The van der Waals surface area contributed by atoms with E-state index in [0.29, 0.717) is 36.3 Å². The van der Waals surface area contributed by atoms with E-state index < -0.39 is 6.10 Å². The molecule has 0 saturated carbocycles. The Bertz CT molecular complexity index is 916. The van der Waals surface area contributed by atoms with E-state index in [-0.39, 0.29) is 24.5 Å². The maximum absolute atomic E-state index is 12.9. The van der Waals surface area contributed by atoms with Gasteiger partial charge in [-0.25, -0.2) is 0 Å². The Balaban J connectivity index is 1.82. The second-order valence-corrected chi connectivity index (χ2v) is 8.16. The predicted molar refractivity (Wildman–Crippen MR) is 122 cm³/mol. The monoisotopic (exact) mass is 440 g/mol. The minimum absolute atomic E-state index is 0.0185. The number of ether oxygens (including phenoxy) is 3. The van der Waals surface area contributed by atoms with Crippen molar-refractivity contribution >= 4 is 11.8 Å². The van der Waals surface area contributed by atoms with Crippen molar-refractivity contribution < 1.29 is 23.8 Å². The van der Waals surface area contributed by atoms with E-state index in [2.05, 4.69) is 19.2 Å². The van der Waals surface area contributed by atoms with Crippen molar-refractivity contribution in [3.8, 4) is 17.2 Å². The largest absolute Gasteiger partial charge is 0.493 e. The number of likely N-dealkylation sites (tertiary alicyclic amines) is 1. The van der Waals surface area contributed by atoms with Gasteiger partial charge >= 0.3 is 0 Å². The summed E-state index contributed by atoms with van der Waals surface area (Å²) < 4.78 is 17.2. The molecular weight excluding hydrogens is 408 g/mol. The van der Waals surface area contributed by atoms with Gasteiger partial charge in [-0.15, -0.1) is 0 Å². The summed E-state index contributed by atoms with van der Waals surface area (Å²) in [7, 11) is 1.55. The molecule has 2 aromatic rings. The van der Waals surface area contributed by atoms with Crippen LogP contribution in [0.5, 0.6) is 17.2 Å². The molecule has 1 saturated heterocycles. The van der Waals surface area contributed by atoms with Gasteiger partial charge in [-0.2, -0.15) is 0 Å². The van der Waals surface area contributed by atoms with Crippen LogP contribution in [0.15, 0.2) is 48.5 Å². The first-order valence-corrected chi connectivity index (χ1v) is 11.0. The first-order chi connectivity index (χ1) is 15.4. The number of likely N-dealkylation sites (N-methyl/N-ethyl adjacent to an activating group) is 1. The van der Waals surface area contributed by atoms with E-state index in [1.807, 2.05) is 54.3 Å². The van der Waals surface area contributed by atoms with Gasteiger partial charge in [0.1, 0.15) is 11.8 Å². The fraction of sp³-hybridized carbons (Fsp3) is 0.440. The summed E-state index contributed by atoms with van der Waals surface area (Å²) >= 11 is 0. The number of benzene rings is 2. The standard InChI is InChI=1S/C25H32N2O5/c1-5-26-22(28)16-31-20-12-11-18(15-21(20)30-4)23-24(32-19-9-7-6-8-10-19)25(29)27(23)14-13-17(2)3/h6-12,15,17,23-24H,5,13-14,16H2,1-4H3,(H,26,28). The van der Waals surface area contributed by atoms with Crippen molar-refractivity contribution in [3.05, 3.63) is 54.1 Å². The zero-order chi connectivity index (χ0) is 23.1. The quantitative estimate of drug-likeness (QED) is 0.541. The second kappa shape index (κ2) is 10.9. The number of hydrogen-bond donors (Lipinski definition) is 1. The lowest BCUT2D eigenvalue weighted by Crippen LogP contribution is -2.61. The molecule has 1 fully saturated rings. The summed E-state index contributed by atoms with van der Waals surface area (Å²) in [5, 5.41) is 2.70. The zero-order valence-corrected chi connectivity index (χ0v) is 19.2. The first kappa shape index (κ1) is 23.4. The van der Waals surface area contributed by atoms with Gasteiger partial charge in [-0.1, -0.05) is 38.1 Å². The van der Waals surface area contributed by atoms with Crippen LogP contribution in [0.25, 0.3) is 0 Å². The van der Waals surface area contributed by atoms with Crippen LogP contribution in [-0.2, 0) is 9.59 Å². The number of nitrogens with zero attached hydrogens (tertiary/aromatic N) is 1. The maximum Gasteiger partial charge on any atom is 0.266 e. The summed E-state index contributed by atoms with van der Waals surface area (Å²) in [6.45, 7) is 7.25. The molecule has 2 aromatic carbocycles. The molecule has 172 valence electrons. The smallest absolute Gasteiger partial charge is 0.266 e. The summed E-state index contributed by atoms with van der Waals surface area (Å²) in [5.74, 6) is 1.91. The molecule has 0 spiro atoms. The average molecular weight is 441 g/mol. The molecular formula is C25H32N2O5. The number of para-hydroxylation sites is 1. The van der Waals surface area contributed by atoms with Crippen molar-refractivity contribution in [3.63, 3.8) is 0 Å². The van der Waals surface area contributed by atoms with Crippen LogP contribution in [0, 0.1) is 5.92 Å². The Labute approximate surface area is 189 Å². The number of carbonyl (C=O) groups is 2. The first-order valence-electron chi connectivity index (χ1n) is 11.0. The van der Waals surface area contributed by atoms with E-state index in [0.717, 1.165) is 12.0 Å². The second-order valence-electron chi connectivity index (χ2n) is 8.16. The summed E-state index contributed by atoms with van der Waals surface area (Å²) in [5.41, 5.74) is 0.900. The predicted octanol–water partition coefficient (Wildman–Crippen LogP) is 3.59. The molecule has 1 N–H and O–H groups in total. The van der Waals surface area contributed by atoms with Crippen molar-refractivity contribution in [1.82, 2.24) is 10.2 Å². The highest BCUT2D eigenvalue weighted by molar-refractivity contribution is 5.89. The minimum atomic E-state index is -0.601. The molecule has 0 bridgehead atoms. The van der Waals surface area contributed by atoms with Crippen LogP contribution in [-0.4, -0.2) is 49.6 Å². The number of rotatable bonds is 11. The van der Waals surface area contributed by atoms with E-state index in [1.165, 1.54) is 0 Å². The number of β-lactam (4-membered cyclic amide) rings is 1. The highest BCUT2D eigenvalue weighted by atomic mass is 16.5. The van der Waals surface area contributed by atoms with Gasteiger partial charge in [0.25, 0.3) is 11.8 Å². The fourth-order valence-electron chi connectivity index (χ4n) is 3.66. The van der Waals surface area contributed by atoms with E-state index in [4.69, 9.17) is 14.2 Å². The van der Waals surface area contributed by atoms with Gasteiger partial charge < -0.3 is 24.4 Å². The molecule has 1 heterocycles. The van der Waals surface area contributed by atoms with Gasteiger partial charge in [0, 0.05) is 13.1 Å². The van der Waals surface area contributed by atoms with Crippen LogP contribution in [0.4, 0.5) is 0 Å². The molecule has 7 nitrogen and oxygen atoms in total. The molecule has 0 radical (unpaired) electrons. The van der Waals surface area contributed by atoms with Crippen LogP contribution < -0.4 is 19.5 Å². The molecule has 2 atom stereocenters. The Kier molecular flexibility index (Phi) is 7.98. The lowest BCUT2D eigenvalue weighted by atomic mass is 9.89. The van der Waals surface area contributed by atoms with Gasteiger partial charge in [-0.05, 0) is 49.1 Å². The van der Waals surface area contributed by atoms with Gasteiger partial charge in [0.15, 0.2) is 18.1 Å². The van der Waals surface area contributed by atoms with E-state index in [1.54, 1.807) is 13.2 Å². The van der Waals surface area contributed by atoms with Crippen LogP contribution in [0.1, 0.15) is 38.8 Å². The molecule has 0 aromatic heterocycles. The number of carbonyl (C=O) groups excluding carboxylic acids is 2. The SMILES string of the molecule is CCNC(=O)COc1ccc(C2C(Oc3ccccc3)C(=O)N2CCC(C)C)cc1OC. The molecule has 7 heteroatoms. The zero-order valence-electron chi connectivity index (χ0n) is 19.2. The van der Waals surface area contributed by atoms with Gasteiger partial charge in [0.05, 0.1) is 7.11 Å². The molecule has 0 aliphatic carbocycles. The van der Waals surface area contributed by atoms with Crippen LogP contribution >= 0.6 is 0 Å². The Hall–Kier alpha value is -3.22. The molecule has 3 rings (SSSR count). The third kappa shape index (κ3) is 5.52. The van der Waals surface area contributed by atoms with E-state index >= 15 is 0 Å². The highest BCUT2D eigenvalue weighted by Gasteiger charge is 2.50. The third-order valence-corrected chi connectivity index (χ3v) is 5.36. The fourth-order valence-corrected chi connectivity index (χ4v) is 3.66. The van der Waals surface area contributed by atoms with Crippen molar-refractivity contribution in [2.24, 2.45) is 5.92 Å². The normalized spacial score (nSPS) is 17.7. The van der Waals surface area contributed by atoms with E-state index in [9.17, 15) is 9.59 Å². The summed E-state index contributed by atoms with van der Waals surface area (Å²) in [6.07, 6.45) is 0.307. The summed E-state index contributed by atoms with van der Waals surface area (Å²) in [6, 6.07) is 14.7. The molecule has 1 aliphatic rings. The number of methoxy groups -OCH3 is 1. The highest BCUT2D eigenvalue weighted by Crippen LogP contribution is 2.41. The number of hydrogen-bond acceptors (Lipinski definition) is 5. The lowest BCUT2D eigenvalue weighted by molar-refractivity contribution is -0.164. The van der Waals surface area contributed by atoms with Gasteiger partial charge in [-0.3, -0.25) is 9.59 Å². The van der Waals surface area contributed by atoms with Crippen molar-refractivity contribution in [2.45, 2.75) is 39.3 Å². The average Bonchev–Trinajstić information content (AvgIpc) is 2.79. The topological polar surface area (TPSA) is 77.1 Å². The molecule has 32 heavy (non-hydrogen) atoms. The third-order valence-electron chi connectivity index (χ3n) is 5.36. The van der Waals surface area contributed by atoms with Crippen LogP contribution in [0.2, 0.25) is 0 Å². The number of nitrogens with one attached hydrogen (secondary N) is 1. The Morgan fingerprint density at radius 3 is 2.53 bits per heavy atom. The maximum atomic E-state index is 12.9. The van der Waals surface area contributed by atoms with Crippen molar-refractivity contribution in [1.29, 1.82) is 0 Å². The van der Waals surface area contributed by atoms with Gasteiger partial charge in [0.2, 0.25) is 6.10 Å². The molecule has 2 unspecified atom stereocenters. The lowest BCUT2D eigenvalue weighted by Gasteiger charge is -2.47. The number of amides is 2. The Morgan fingerprint density at radius 2 is 1.88 bits per heavy atom. The van der Waals surface area contributed by atoms with Crippen molar-refractivity contribution in [2.75, 3.05) is 26.8 Å². The Morgan fingerprint density at radius 1 is 1.12 bits per heavy atom. The summed E-state index contributed by atoms with van der Waals surface area (Å²) in [4.78, 5) is 26.5.